The number of aromatic nitrogens is 2. The van der Waals surface area contributed by atoms with Crippen molar-refractivity contribution in [2.24, 2.45) is 0 Å². The van der Waals surface area contributed by atoms with Crippen molar-refractivity contribution in [3.8, 4) is 0 Å². The van der Waals surface area contributed by atoms with Crippen LogP contribution in [0.15, 0.2) is 0 Å². The molecule has 4 heteroatoms. The van der Waals surface area contributed by atoms with Crippen LogP contribution in [0.5, 0.6) is 0 Å². The topological polar surface area (TPSA) is 55.1 Å². The third-order valence-electron chi connectivity index (χ3n) is 3.19. The first kappa shape index (κ1) is 10.2. The molecule has 0 amide bonds. The summed E-state index contributed by atoms with van der Waals surface area (Å²) in [5, 5.41) is 13.6. The summed E-state index contributed by atoms with van der Waals surface area (Å²) in [6.07, 6.45) is 1.83. The number of carbonyl (C=O) groups is 1. The van der Waals surface area contributed by atoms with Gasteiger partial charge in [0.25, 0.3) is 0 Å². The summed E-state index contributed by atoms with van der Waals surface area (Å²) in [5.74, 6) is -0.858. The quantitative estimate of drug-likeness (QED) is 0.806. The Labute approximate surface area is 88.9 Å². The van der Waals surface area contributed by atoms with E-state index in [2.05, 4.69) is 18.9 Å². The maximum atomic E-state index is 11.2. The summed E-state index contributed by atoms with van der Waals surface area (Å²) in [6.45, 7) is 6.78. The lowest BCUT2D eigenvalue weighted by Crippen LogP contribution is -2.15. The molecule has 0 radical (unpaired) electrons. The number of aryl methyl sites for hydroxylation is 1. The van der Waals surface area contributed by atoms with Crippen LogP contribution < -0.4 is 0 Å². The molecule has 0 aliphatic heterocycles. The Morgan fingerprint density at radius 2 is 2.27 bits per heavy atom. The maximum absolute atomic E-state index is 11.2. The van der Waals surface area contributed by atoms with E-state index in [1.54, 1.807) is 4.68 Å². The maximum Gasteiger partial charge on any atom is 0.354 e. The third kappa shape index (κ3) is 1.35. The van der Waals surface area contributed by atoms with Crippen molar-refractivity contribution >= 4 is 5.97 Å². The van der Waals surface area contributed by atoms with Crippen LogP contribution in [-0.4, -0.2) is 20.9 Å². The van der Waals surface area contributed by atoms with Gasteiger partial charge in [0.05, 0.1) is 5.69 Å². The van der Waals surface area contributed by atoms with Crippen LogP contribution >= 0.6 is 0 Å². The highest BCUT2D eigenvalue weighted by Gasteiger charge is 2.37. The van der Waals surface area contributed by atoms with Crippen molar-refractivity contribution in [2.75, 3.05) is 0 Å². The predicted molar refractivity (Wildman–Crippen MR) is 56.2 cm³/mol. The van der Waals surface area contributed by atoms with Gasteiger partial charge in [-0.1, -0.05) is 13.8 Å². The smallest absolute Gasteiger partial charge is 0.354 e. The van der Waals surface area contributed by atoms with Gasteiger partial charge >= 0.3 is 5.97 Å². The molecular weight excluding hydrogens is 192 g/mol. The third-order valence-corrected chi connectivity index (χ3v) is 3.19. The lowest BCUT2D eigenvalue weighted by molar-refractivity contribution is 0.0682. The highest BCUT2D eigenvalue weighted by Crippen LogP contribution is 2.39. The molecule has 1 aromatic rings. The Balaban J connectivity index is 2.62. The van der Waals surface area contributed by atoms with Crippen LogP contribution in [0.4, 0.5) is 0 Å². The van der Waals surface area contributed by atoms with Gasteiger partial charge in [-0.25, -0.2) is 4.79 Å². The number of fused-ring (bicyclic) bond motifs is 1. The van der Waals surface area contributed by atoms with E-state index < -0.39 is 5.97 Å². The first-order chi connectivity index (χ1) is 6.97. The van der Waals surface area contributed by atoms with Crippen molar-refractivity contribution in [3.05, 3.63) is 17.0 Å². The highest BCUT2D eigenvalue weighted by molar-refractivity contribution is 5.88. The van der Waals surface area contributed by atoms with Crippen LogP contribution in [0.2, 0.25) is 0 Å². The molecule has 0 unspecified atom stereocenters. The normalized spacial score (nSPS) is 17.8. The summed E-state index contributed by atoms with van der Waals surface area (Å²) in [7, 11) is 0. The van der Waals surface area contributed by atoms with Crippen molar-refractivity contribution in [3.63, 3.8) is 0 Å². The number of aromatic carboxylic acids is 1. The molecule has 0 saturated heterocycles. The number of hydrogen-bond donors (Lipinski definition) is 1. The fourth-order valence-electron chi connectivity index (χ4n) is 2.30. The minimum atomic E-state index is -0.858. The summed E-state index contributed by atoms with van der Waals surface area (Å²) in [6, 6.07) is 0. The molecule has 15 heavy (non-hydrogen) atoms. The van der Waals surface area contributed by atoms with E-state index in [1.165, 1.54) is 0 Å². The predicted octanol–water partition coefficient (Wildman–Crippen LogP) is 1.82. The van der Waals surface area contributed by atoms with Crippen LogP contribution in [0.25, 0.3) is 0 Å². The molecule has 0 spiro atoms. The van der Waals surface area contributed by atoms with E-state index in [4.69, 9.17) is 5.11 Å². The van der Waals surface area contributed by atoms with E-state index >= 15 is 0 Å². The van der Waals surface area contributed by atoms with Crippen LogP contribution in [0, 0.1) is 0 Å². The lowest BCUT2D eigenvalue weighted by Gasteiger charge is -2.15. The monoisotopic (exact) mass is 208 g/mol. The Hall–Kier alpha value is -1.32. The zero-order valence-corrected chi connectivity index (χ0v) is 9.37. The molecule has 1 aliphatic rings. The molecular formula is C11H16N2O2. The SMILES string of the molecule is CCn1nc2c(c1C(=O)O)CCC2(C)C. The number of rotatable bonds is 2. The first-order valence-electron chi connectivity index (χ1n) is 5.31. The highest BCUT2D eigenvalue weighted by atomic mass is 16.4. The zero-order valence-electron chi connectivity index (χ0n) is 9.37. The van der Waals surface area contributed by atoms with Crippen molar-refractivity contribution in [2.45, 2.75) is 45.6 Å². The van der Waals surface area contributed by atoms with Gasteiger partial charge in [0.1, 0.15) is 5.69 Å². The molecule has 2 rings (SSSR count). The van der Waals surface area contributed by atoms with E-state index in [0.717, 1.165) is 24.1 Å². The van der Waals surface area contributed by atoms with Crippen molar-refractivity contribution in [1.29, 1.82) is 0 Å². The molecule has 1 N–H and O–H groups in total. The Kier molecular flexibility index (Phi) is 2.10. The number of carboxylic acids is 1. The van der Waals surface area contributed by atoms with E-state index in [9.17, 15) is 4.79 Å². The molecule has 1 aromatic heterocycles. The minimum Gasteiger partial charge on any atom is -0.477 e. The van der Waals surface area contributed by atoms with Gasteiger partial charge in [-0.3, -0.25) is 4.68 Å². The summed E-state index contributed by atoms with van der Waals surface area (Å²) in [4.78, 5) is 11.2. The number of carboxylic acid groups (broad SMARTS) is 1. The standard InChI is InChI=1S/C11H16N2O2/c1-4-13-8(10(14)15)7-5-6-11(2,3)9(7)12-13/h4-6H2,1-3H3,(H,14,15). The molecule has 1 aliphatic carbocycles. The molecule has 0 atom stereocenters. The molecule has 4 nitrogen and oxygen atoms in total. The molecule has 0 fully saturated rings. The fraction of sp³-hybridized carbons (Fsp3) is 0.636. The van der Waals surface area contributed by atoms with E-state index in [1.807, 2.05) is 6.92 Å². The van der Waals surface area contributed by atoms with Crippen molar-refractivity contribution in [1.82, 2.24) is 9.78 Å². The number of hydrogen-bond acceptors (Lipinski definition) is 2. The van der Waals surface area contributed by atoms with Gasteiger partial charge in [0.2, 0.25) is 0 Å². The van der Waals surface area contributed by atoms with Gasteiger partial charge in [0, 0.05) is 17.5 Å². The molecule has 0 bridgehead atoms. The van der Waals surface area contributed by atoms with Gasteiger partial charge in [-0.2, -0.15) is 5.10 Å². The largest absolute Gasteiger partial charge is 0.477 e. The van der Waals surface area contributed by atoms with Gasteiger partial charge in [-0.15, -0.1) is 0 Å². The van der Waals surface area contributed by atoms with Crippen LogP contribution in [-0.2, 0) is 18.4 Å². The van der Waals surface area contributed by atoms with Gasteiger partial charge in [0.15, 0.2) is 0 Å². The molecule has 0 aromatic carbocycles. The van der Waals surface area contributed by atoms with Crippen molar-refractivity contribution < 1.29 is 9.90 Å². The Morgan fingerprint density at radius 3 is 2.80 bits per heavy atom. The number of nitrogens with zero attached hydrogens (tertiary/aromatic N) is 2. The Morgan fingerprint density at radius 1 is 1.60 bits per heavy atom. The molecule has 82 valence electrons. The Bertz CT molecular complexity index is 418. The van der Waals surface area contributed by atoms with E-state index in [0.29, 0.717) is 12.2 Å². The second kappa shape index (κ2) is 3.08. The van der Waals surface area contributed by atoms with Crippen LogP contribution in [0.3, 0.4) is 0 Å². The van der Waals surface area contributed by atoms with E-state index in [-0.39, 0.29) is 5.41 Å². The summed E-state index contributed by atoms with van der Waals surface area (Å²) >= 11 is 0. The summed E-state index contributed by atoms with van der Waals surface area (Å²) in [5.41, 5.74) is 2.33. The molecule has 0 saturated carbocycles. The van der Waals surface area contributed by atoms with Gasteiger partial charge in [-0.05, 0) is 19.8 Å². The van der Waals surface area contributed by atoms with Crippen LogP contribution in [0.1, 0.15) is 48.9 Å². The lowest BCUT2D eigenvalue weighted by atomic mass is 9.91. The fourth-order valence-corrected chi connectivity index (χ4v) is 2.30. The van der Waals surface area contributed by atoms with Gasteiger partial charge < -0.3 is 5.11 Å². The second-order valence-electron chi connectivity index (χ2n) is 4.68. The average Bonchev–Trinajstić information content (AvgIpc) is 2.64. The molecule has 1 heterocycles. The average molecular weight is 208 g/mol. The minimum absolute atomic E-state index is 0.0277. The second-order valence-corrected chi connectivity index (χ2v) is 4.68. The zero-order chi connectivity index (χ0) is 11.2. The first-order valence-corrected chi connectivity index (χ1v) is 5.31. The summed E-state index contributed by atoms with van der Waals surface area (Å²) < 4.78 is 1.61.